The molecule has 2 unspecified atom stereocenters. The van der Waals surface area contributed by atoms with E-state index in [2.05, 4.69) is 10.5 Å². The Morgan fingerprint density at radius 1 is 1.45 bits per heavy atom. The number of nitrogens with one attached hydrogen (secondary N) is 1. The molecular weight excluding hydrogens is 304 g/mol. The van der Waals surface area contributed by atoms with Crippen LogP contribution in [0, 0.1) is 0 Å². The Hall–Kier alpha value is -1.85. The van der Waals surface area contributed by atoms with Crippen LogP contribution in [0.3, 0.4) is 0 Å². The molecule has 3 rings (SSSR count). The van der Waals surface area contributed by atoms with Crippen molar-refractivity contribution in [3.63, 3.8) is 0 Å². The van der Waals surface area contributed by atoms with Gasteiger partial charge in [-0.25, -0.2) is 0 Å². The molecule has 0 spiro atoms. The van der Waals surface area contributed by atoms with Gasteiger partial charge in [0.25, 0.3) is 5.91 Å². The van der Waals surface area contributed by atoms with Crippen LogP contribution in [0.4, 0.5) is 0 Å². The van der Waals surface area contributed by atoms with Gasteiger partial charge in [0.2, 0.25) is 0 Å². The van der Waals surface area contributed by atoms with E-state index in [-0.39, 0.29) is 23.7 Å². The predicted octanol–water partition coefficient (Wildman–Crippen LogP) is 3.29. The molecule has 1 fully saturated rings. The van der Waals surface area contributed by atoms with Crippen molar-refractivity contribution >= 4 is 17.5 Å². The van der Waals surface area contributed by atoms with Crippen molar-refractivity contribution in [2.24, 2.45) is 0 Å². The number of aromatic nitrogens is 1. The molecule has 22 heavy (non-hydrogen) atoms. The summed E-state index contributed by atoms with van der Waals surface area (Å²) in [5.74, 6) is 0.248. The Morgan fingerprint density at radius 2 is 2.32 bits per heavy atom. The predicted molar refractivity (Wildman–Crippen MR) is 82.9 cm³/mol. The zero-order chi connectivity index (χ0) is 15.5. The standard InChI is InChI=1S/C16H17ClN2O3/c1-10(14-6-3-7-21-14)18-16(20)13-9-15(22-19-13)11-4-2-5-12(17)8-11/h2,4-5,8-10,14H,3,6-7H2,1H3,(H,18,20). The maximum absolute atomic E-state index is 12.2. The third-order valence-corrected chi connectivity index (χ3v) is 3.97. The number of carbonyl (C=O) groups is 1. The Balaban J connectivity index is 1.69. The highest BCUT2D eigenvalue weighted by molar-refractivity contribution is 6.30. The van der Waals surface area contributed by atoms with E-state index in [0.29, 0.717) is 10.8 Å². The van der Waals surface area contributed by atoms with Gasteiger partial charge < -0.3 is 14.6 Å². The summed E-state index contributed by atoms with van der Waals surface area (Å²) in [4.78, 5) is 12.2. The highest BCUT2D eigenvalue weighted by atomic mass is 35.5. The van der Waals surface area contributed by atoms with Crippen LogP contribution in [-0.2, 0) is 4.74 Å². The SMILES string of the molecule is CC(NC(=O)c1cc(-c2cccc(Cl)c2)on1)C1CCCO1. The minimum atomic E-state index is -0.264. The molecule has 5 nitrogen and oxygen atoms in total. The molecule has 0 radical (unpaired) electrons. The molecule has 1 saturated heterocycles. The number of amides is 1. The zero-order valence-electron chi connectivity index (χ0n) is 12.2. The molecule has 0 aliphatic carbocycles. The van der Waals surface area contributed by atoms with Crippen molar-refractivity contribution in [1.29, 1.82) is 0 Å². The quantitative estimate of drug-likeness (QED) is 0.938. The monoisotopic (exact) mass is 320 g/mol. The van der Waals surface area contributed by atoms with Gasteiger partial charge >= 0.3 is 0 Å². The van der Waals surface area contributed by atoms with Crippen molar-refractivity contribution in [2.45, 2.75) is 31.9 Å². The van der Waals surface area contributed by atoms with Gasteiger partial charge in [0.1, 0.15) is 0 Å². The fourth-order valence-corrected chi connectivity index (χ4v) is 2.72. The third kappa shape index (κ3) is 3.31. The summed E-state index contributed by atoms with van der Waals surface area (Å²) >= 11 is 5.95. The number of hydrogen-bond acceptors (Lipinski definition) is 4. The number of rotatable bonds is 4. The minimum Gasteiger partial charge on any atom is -0.376 e. The lowest BCUT2D eigenvalue weighted by molar-refractivity contribution is 0.0707. The first kappa shape index (κ1) is 15.1. The zero-order valence-corrected chi connectivity index (χ0v) is 13.0. The number of ether oxygens (including phenoxy) is 1. The lowest BCUT2D eigenvalue weighted by Gasteiger charge is -2.19. The van der Waals surface area contributed by atoms with Gasteiger partial charge in [0, 0.05) is 23.3 Å². The largest absolute Gasteiger partial charge is 0.376 e. The molecule has 2 atom stereocenters. The number of benzene rings is 1. The first-order chi connectivity index (χ1) is 10.6. The van der Waals surface area contributed by atoms with Crippen LogP contribution in [-0.4, -0.2) is 29.8 Å². The molecule has 1 N–H and O–H groups in total. The first-order valence-corrected chi connectivity index (χ1v) is 7.66. The fraction of sp³-hybridized carbons (Fsp3) is 0.375. The van der Waals surface area contributed by atoms with Crippen LogP contribution >= 0.6 is 11.6 Å². The van der Waals surface area contributed by atoms with E-state index in [4.69, 9.17) is 20.9 Å². The highest BCUT2D eigenvalue weighted by Crippen LogP contribution is 2.23. The molecule has 116 valence electrons. The molecule has 2 heterocycles. The fourth-order valence-electron chi connectivity index (χ4n) is 2.53. The van der Waals surface area contributed by atoms with E-state index in [1.165, 1.54) is 0 Å². The maximum atomic E-state index is 12.2. The van der Waals surface area contributed by atoms with Crippen LogP contribution in [0.15, 0.2) is 34.9 Å². The number of halogens is 1. The number of nitrogens with zero attached hydrogens (tertiary/aromatic N) is 1. The Labute approximate surface area is 133 Å². The molecule has 0 saturated carbocycles. The average Bonchev–Trinajstić information content (AvgIpc) is 3.19. The minimum absolute atomic E-state index is 0.0543. The third-order valence-electron chi connectivity index (χ3n) is 3.73. The molecule has 0 bridgehead atoms. The molecule has 6 heteroatoms. The van der Waals surface area contributed by atoms with Crippen molar-refractivity contribution < 1.29 is 14.1 Å². The van der Waals surface area contributed by atoms with Crippen molar-refractivity contribution in [1.82, 2.24) is 10.5 Å². The molecule has 2 aromatic rings. The topological polar surface area (TPSA) is 64.4 Å². The van der Waals surface area contributed by atoms with Crippen LogP contribution in [0.25, 0.3) is 11.3 Å². The van der Waals surface area contributed by atoms with Crippen LogP contribution in [0.2, 0.25) is 5.02 Å². The van der Waals surface area contributed by atoms with Gasteiger partial charge in [-0.2, -0.15) is 0 Å². The van der Waals surface area contributed by atoms with E-state index in [1.54, 1.807) is 18.2 Å². The second-order valence-corrected chi connectivity index (χ2v) is 5.84. The Morgan fingerprint density at radius 3 is 3.05 bits per heavy atom. The Bertz CT molecular complexity index is 665. The van der Waals surface area contributed by atoms with Gasteiger partial charge in [-0.1, -0.05) is 28.9 Å². The van der Waals surface area contributed by atoms with Gasteiger partial charge in [-0.05, 0) is 31.9 Å². The second-order valence-electron chi connectivity index (χ2n) is 5.40. The van der Waals surface area contributed by atoms with Crippen LogP contribution in [0.1, 0.15) is 30.3 Å². The molecule has 1 aliphatic heterocycles. The summed E-state index contributed by atoms with van der Waals surface area (Å²) in [6.07, 6.45) is 2.07. The Kier molecular flexibility index (Phi) is 4.45. The molecule has 1 aromatic carbocycles. The summed E-state index contributed by atoms with van der Waals surface area (Å²) in [7, 11) is 0. The van der Waals surface area contributed by atoms with E-state index in [0.717, 1.165) is 25.0 Å². The van der Waals surface area contributed by atoms with Gasteiger partial charge in [0.15, 0.2) is 11.5 Å². The van der Waals surface area contributed by atoms with Gasteiger partial charge in [-0.3, -0.25) is 4.79 Å². The highest BCUT2D eigenvalue weighted by Gasteiger charge is 2.25. The van der Waals surface area contributed by atoms with Gasteiger partial charge in [0.05, 0.1) is 12.1 Å². The molecule has 1 aromatic heterocycles. The van der Waals surface area contributed by atoms with E-state index >= 15 is 0 Å². The van der Waals surface area contributed by atoms with Crippen molar-refractivity contribution in [3.05, 3.63) is 41.0 Å². The number of carbonyl (C=O) groups excluding carboxylic acids is 1. The van der Waals surface area contributed by atoms with E-state index in [1.807, 2.05) is 19.1 Å². The first-order valence-electron chi connectivity index (χ1n) is 7.28. The summed E-state index contributed by atoms with van der Waals surface area (Å²) in [5, 5.41) is 7.34. The maximum Gasteiger partial charge on any atom is 0.273 e. The smallest absolute Gasteiger partial charge is 0.273 e. The van der Waals surface area contributed by atoms with Gasteiger partial charge in [-0.15, -0.1) is 0 Å². The van der Waals surface area contributed by atoms with E-state index < -0.39 is 0 Å². The summed E-state index contributed by atoms with van der Waals surface area (Å²) < 4.78 is 10.8. The van der Waals surface area contributed by atoms with Crippen molar-refractivity contribution in [2.75, 3.05) is 6.61 Å². The van der Waals surface area contributed by atoms with E-state index in [9.17, 15) is 4.79 Å². The summed E-state index contributed by atoms with van der Waals surface area (Å²) in [6, 6.07) is 8.77. The number of hydrogen-bond donors (Lipinski definition) is 1. The van der Waals surface area contributed by atoms with Crippen LogP contribution < -0.4 is 5.32 Å². The molecular formula is C16H17ClN2O3. The molecule has 1 aliphatic rings. The summed E-state index contributed by atoms with van der Waals surface area (Å²) in [5.41, 5.74) is 1.03. The van der Waals surface area contributed by atoms with Crippen molar-refractivity contribution in [3.8, 4) is 11.3 Å². The lowest BCUT2D eigenvalue weighted by Crippen LogP contribution is -2.40. The average molecular weight is 321 g/mol. The lowest BCUT2D eigenvalue weighted by atomic mass is 10.1. The summed E-state index contributed by atoms with van der Waals surface area (Å²) in [6.45, 7) is 2.69. The molecule has 1 amide bonds. The normalized spacial score (nSPS) is 19.1. The second kappa shape index (κ2) is 6.50. The van der Waals surface area contributed by atoms with Crippen LogP contribution in [0.5, 0.6) is 0 Å².